The first-order chi connectivity index (χ1) is 8.78. The zero-order chi connectivity index (χ0) is 12.5. The molecule has 3 rings (SSSR count). The van der Waals surface area contributed by atoms with Gasteiger partial charge in [-0.3, -0.25) is 0 Å². The molecule has 0 atom stereocenters. The predicted molar refractivity (Wildman–Crippen MR) is 77.0 cm³/mol. The highest BCUT2D eigenvalue weighted by Crippen LogP contribution is 2.38. The zero-order valence-corrected chi connectivity index (χ0v) is 11.6. The fourth-order valence-electron chi connectivity index (χ4n) is 2.76. The van der Waals surface area contributed by atoms with Crippen molar-refractivity contribution in [1.29, 1.82) is 0 Å². The second-order valence-corrected chi connectivity index (χ2v) is 5.98. The molecule has 2 heteroatoms. The molecule has 0 unspecified atom stereocenters. The van der Waals surface area contributed by atoms with Crippen LogP contribution in [0.2, 0.25) is 0 Å². The summed E-state index contributed by atoms with van der Waals surface area (Å²) in [6.45, 7) is 4.51. The van der Waals surface area contributed by atoms with Crippen molar-refractivity contribution in [2.75, 3.05) is 18.5 Å². The van der Waals surface area contributed by atoms with Gasteiger partial charge in [0.1, 0.15) is 0 Å². The van der Waals surface area contributed by atoms with Crippen molar-refractivity contribution in [3.63, 3.8) is 0 Å². The fourth-order valence-corrected chi connectivity index (χ4v) is 2.76. The van der Waals surface area contributed by atoms with E-state index in [9.17, 15) is 0 Å². The summed E-state index contributed by atoms with van der Waals surface area (Å²) in [6.07, 6.45) is 5.68. The molecule has 98 valence electrons. The Bertz CT molecular complexity index is 419. The molecule has 1 N–H and O–H groups in total. The number of hydrogen-bond donors (Lipinski definition) is 1. The Hall–Kier alpha value is -1.02. The number of rotatable bonds is 6. The number of hydrogen-bond acceptors (Lipinski definition) is 2. The molecule has 2 aliphatic carbocycles. The first-order valence-electron chi connectivity index (χ1n) is 7.28. The molecule has 1 aromatic carbocycles. The molecule has 18 heavy (non-hydrogen) atoms. The summed E-state index contributed by atoms with van der Waals surface area (Å²) < 4.78 is 0. The predicted octanol–water partition coefficient (Wildman–Crippen LogP) is 3.09. The van der Waals surface area contributed by atoms with Gasteiger partial charge >= 0.3 is 0 Å². The summed E-state index contributed by atoms with van der Waals surface area (Å²) in [5.74, 6) is 0.974. The van der Waals surface area contributed by atoms with Gasteiger partial charge in [-0.15, -0.1) is 0 Å². The maximum atomic E-state index is 3.22. The standard InChI is InChI=1S/C16H24N2/c1-12-9-14(10-17-2)5-8-16(12)18(15-6-7-15)11-13-3-4-13/h5,8-9,13,15,17H,3-4,6-7,10-11H2,1-2H3. The maximum Gasteiger partial charge on any atom is 0.0398 e. The average molecular weight is 244 g/mol. The van der Waals surface area contributed by atoms with Gasteiger partial charge in [0.05, 0.1) is 0 Å². The fraction of sp³-hybridized carbons (Fsp3) is 0.625. The van der Waals surface area contributed by atoms with Crippen LogP contribution >= 0.6 is 0 Å². The van der Waals surface area contributed by atoms with Crippen molar-refractivity contribution in [1.82, 2.24) is 5.32 Å². The van der Waals surface area contributed by atoms with Gasteiger partial charge in [0, 0.05) is 24.8 Å². The number of benzene rings is 1. The Kier molecular flexibility index (Phi) is 3.29. The van der Waals surface area contributed by atoms with Crippen molar-refractivity contribution < 1.29 is 0 Å². The minimum Gasteiger partial charge on any atom is -0.368 e. The molecule has 0 saturated heterocycles. The lowest BCUT2D eigenvalue weighted by molar-refractivity contribution is 0.716. The van der Waals surface area contributed by atoms with E-state index in [0.29, 0.717) is 0 Å². The molecule has 0 aromatic heterocycles. The molecule has 1 aromatic rings. The van der Waals surface area contributed by atoms with Crippen LogP contribution in [0.15, 0.2) is 18.2 Å². The first kappa shape index (κ1) is 12.0. The summed E-state index contributed by atoms with van der Waals surface area (Å²) in [6, 6.07) is 7.79. The molecule has 2 saturated carbocycles. The van der Waals surface area contributed by atoms with Crippen LogP contribution in [0.4, 0.5) is 5.69 Å². The van der Waals surface area contributed by atoms with E-state index in [4.69, 9.17) is 0 Å². The van der Waals surface area contributed by atoms with Crippen LogP contribution < -0.4 is 10.2 Å². The smallest absolute Gasteiger partial charge is 0.0398 e. The number of nitrogens with one attached hydrogen (secondary N) is 1. The quantitative estimate of drug-likeness (QED) is 0.827. The Morgan fingerprint density at radius 3 is 2.56 bits per heavy atom. The van der Waals surface area contributed by atoms with E-state index in [1.807, 2.05) is 7.05 Å². The minimum atomic E-state index is 0.833. The molecular weight excluding hydrogens is 220 g/mol. The van der Waals surface area contributed by atoms with Crippen molar-refractivity contribution in [2.24, 2.45) is 5.92 Å². The molecule has 0 spiro atoms. The van der Waals surface area contributed by atoms with Gasteiger partial charge in [-0.05, 0) is 62.8 Å². The number of aryl methyl sites for hydroxylation is 1. The summed E-state index contributed by atoms with van der Waals surface area (Å²) in [5.41, 5.74) is 4.31. The van der Waals surface area contributed by atoms with E-state index >= 15 is 0 Å². The second kappa shape index (κ2) is 4.93. The SMILES string of the molecule is CNCc1ccc(N(CC2CC2)C2CC2)c(C)c1. The lowest BCUT2D eigenvalue weighted by atomic mass is 10.1. The van der Waals surface area contributed by atoms with Gasteiger partial charge < -0.3 is 10.2 Å². The van der Waals surface area contributed by atoms with E-state index < -0.39 is 0 Å². The third-order valence-corrected chi connectivity index (χ3v) is 4.09. The third kappa shape index (κ3) is 2.69. The Balaban J connectivity index is 1.79. The summed E-state index contributed by atoms with van der Waals surface area (Å²) >= 11 is 0. The van der Waals surface area contributed by atoms with Gasteiger partial charge in [-0.2, -0.15) is 0 Å². The third-order valence-electron chi connectivity index (χ3n) is 4.09. The van der Waals surface area contributed by atoms with Gasteiger partial charge in [0.25, 0.3) is 0 Å². The average Bonchev–Trinajstić information content (AvgIpc) is 3.21. The van der Waals surface area contributed by atoms with Gasteiger partial charge in [0.15, 0.2) is 0 Å². The molecule has 0 aliphatic heterocycles. The van der Waals surface area contributed by atoms with E-state index in [-0.39, 0.29) is 0 Å². The molecule has 0 radical (unpaired) electrons. The molecule has 2 nitrogen and oxygen atoms in total. The van der Waals surface area contributed by atoms with Crippen molar-refractivity contribution in [2.45, 2.75) is 45.2 Å². The lowest BCUT2D eigenvalue weighted by Gasteiger charge is -2.27. The summed E-state index contributed by atoms with van der Waals surface area (Å²) in [7, 11) is 2.01. The van der Waals surface area contributed by atoms with E-state index in [1.54, 1.807) is 0 Å². The summed E-state index contributed by atoms with van der Waals surface area (Å²) in [5, 5.41) is 3.22. The Labute approximate surface area is 110 Å². The van der Waals surface area contributed by atoms with Crippen LogP contribution in [0.3, 0.4) is 0 Å². The first-order valence-corrected chi connectivity index (χ1v) is 7.28. The van der Waals surface area contributed by atoms with Crippen LogP contribution in [0.25, 0.3) is 0 Å². The molecule has 2 fully saturated rings. The van der Waals surface area contributed by atoms with E-state index in [2.05, 4.69) is 35.3 Å². The van der Waals surface area contributed by atoms with E-state index in [1.165, 1.54) is 49.0 Å². The van der Waals surface area contributed by atoms with E-state index in [0.717, 1.165) is 18.5 Å². The topological polar surface area (TPSA) is 15.3 Å². The monoisotopic (exact) mass is 244 g/mol. The Morgan fingerprint density at radius 1 is 1.22 bits per heavy atom. The van der Waals surface area contributed by atoms with Crippen LogP contribution in [-0.2, 0) is 6.54 Å². The molecule has 0 bridgehead atoms. The highest BCUT2D eigenvalue weighted by atomic mass is 15.2. The van der Waals surface area contributed by atoms with Crippen LogP contribution in [0.5, 0.6) is 0 Å². The lowest BCUT2D eigenvalue weighted by Crippen LogP contribution is -2.28. The highest BCUT2D eigenvalue weighted by Gasteiger charge is 2.34. The van der Waals surface area contributed by atoms with Crippen LogP contribution in [0, 0.1) is 12.8 Å². The van der Waals surface area contributed by atoms with Crippen molar-refractivity contribution in [3.8, 4) is 0 Å². The van der Waals surface area contributed by atoms with Crippen molar-refractivity contribution >= 4 is 5.69 Å². The van der Waals surface area contributed by atoms with Crippen LogP contribution in [0.1, 0.15) is 36.8 Å². The largest absolute Gasteiger partial charge is 0.368 e. The molecule has 0 heterocycles. The highest BCUT2D eigenvalue weighted by molar-refractivity contribution is 5.56. The molecule has 0 amide bonds. The van der Waals surface area contributed by atoms with Gasteiger partial charge in [-0.25, -0.2) is 0 Å². The number of nitrogens with zero attached hydrogens (tertiary/aromatic N) is 1. The second-order valence-electron chi connectivity index (χ2n) is 5.98. The molecular formula is C16H24N2. The zero-order valence-electron chi connectivity index (χ0n) is 11.6. The number of anilines is 1. The molecule has 2 aliphatic rings. The Morgan fingerprint density at radius 2 is 2.00 bits per heavy atom. The van der Waals surface area contributed by atoms with Crippen LogP contribution in [-0.4, -0.2) is 19.6 Å². The normalized spacial score (nSPS) is 19.0. The maximum absolute atomic E-state index is 3.22. The summed E-state index contributed by atoms with van der Waals surface area (Å²) in [4.78, 5) is 2.68. The minimum absolute atomic E-state index is 0.833. The van der Waals surface area contributed by atoms with Gasteiger partial charge in [0.2, 0.25) is 0 Å². The van der Waals surface area contributed by atoms with Gasteiger partial charge in [-0.1, -0.05) is 12.1 Å². The van der Waals surface area contributed by atoms with Crippen molar-refractivity contribution in [3.05, 3.63) is 29.3 Å².